The van der Waals surface area contributed by atoms with Crippen molar-refractivity contribution in [3.05, 3.63) is 40.4 Å². The largest absolute Gasteiger partial charge is 0.478 e. The van der Waals surface area contributed by atoms with Crippen molar-refractivity contribution in [2.24, 2.45) is 0 Å². The molecule has 6 nitrogen and oxygen atoms in total. The predicted octanol–water partition coefficient (Wildman–Crippen LogP) is 2.26. The molecule has 0 unspecified atom stereocenters. The van der Waals surface area contributed by atoms with E-state index in [9.17, 15) is 13.2 Å². The van der Waals surface area contributed by atoms with Crippen molar-refractivity contribution in [2.45, 2.75) is 18.7 Å². The molecule has 0 aliphatic carbocycles. The highest BCUT2D eigenvalue weighted by molar-refractivity contribution is 7.93. The van der Waals surface area contributed by atoms with E-state index in [1.807, 2.05) is 6.92 Å². The van der Waals surface area contributed by atoms with Crippen LogP contribution in [0.25, 0.3) is 0 Å². The van der Waals surface area contributed by atoms with Crippen LogP contribution in [-0.2, 0) is 10.0 Å². The van der Waals surface area contributed by atoms with Crippen LogP contribution in [-0.4, -0.2) is 24.5 Å². The summed E-state index contributed by atoms with van der Waals surface area (Å²) in [5.74, 6) is -1.17. The number of benzene rings is 1. The van der Waals surface area contributed by atoms with Crippen molar-refractivity contribution in [3.8, 4) is 0 Å². The number of aromatic carboxylic acids is 1. The molecular weight excluding hydrogens is 300 g/mol. The number of hydrogen-bond acceptors (Lipinski definition) is 5. The summed E-state index contributed by atoms with van der Waals surface area (Å²) in [6, 6.07) is 3.97. The Hall–Kier alpha value is -1.93. The van der Waals surface area contributed by atoms with E-state index in [1.54, 1.807) is 13.1 Å². The molecule has 0 aliphatic rings. The summed E-state index contributed by atoms with van der Waals surface area (Å²) in [6.45, 7) is 3.42. The first-order chi connectivity index (χ1) is 9.29. The lowest BCUT2D eigenvalue weighted by Gasteiger charge is -2.09. The topological polar surface area (TPSA) is 96.4 Å². The molecule has 1 heterocycles. The molecule has 1 aromatic carbocycles. The first kappa shape index (κ1) is 14.5. The summed E-state index contributed by atoms with van der Waals surface area (Å²) in [6.07, 6.45) is 1.56. The molecule has 0 bridgehead atoms. The third-order valence-corrected chi connectivity index (χ3v) is 5.01. The van der Waals surface area contributed by atoms with Gasteiger partial charge in [0, 0.05) is 11.1 Å². The van der Waals surface area contributed by atoms with Crippen LogP contribution in [0.1, 0.15) is 20.8 Å². The number of anilines is 1. The predicted molar refractivity (Wildman–Crippen MR) is 75.8 cm³/mol. The fourth-order valence-electron chi connectivity index (χ4n) is 1.59. The highest BCUT2D eigenvalue weighted by Crippen LogP contribution is 2.23. The molecular formula is C12H12N2O4S2. The number of thiazole rings is 1. The standard InChI is InChI=1S/C12H12N2O4S2/c1-7-3-4-9(11(15)16)5-10(7)20(17,18)14-12-13-6-8(2)19-12/h3-6H,1-2H3,(H,13,14)(H,15,16). The summed E-state index contributed by atoms with van der Waals surface area (Å²) < 4.78 is 26.9. The van der Waals surface area contributed by atoms with Crippen LogP contribution < -0.4 is 4.72 Å². The molecule has 0 fully saturated rings. The van der Waals surface area contributed by atoms with E-state index in [0.29, 0.717) is 5.56 Å². The summed E-state index contributed by atoms with van der Waals surface area (Å²) in [4.78, 5) is 15.7. The van der Waals surface area contributed by atoms with E-state index in [1.165, 1.54) is 23.5 Å². The molecule has 2 N–H and O–H groups in total. The van der Waals surface area contributed by atoms with Crippen LogP contribution in [0.3, 0.4) is 0 Å². The molecule has 1 aromatic heterocycles. The van der Waals surface area contributed by atoms with Gasteiger partial charge >= 0.3 is 5.97 Å². The molecule has 0 saturated carbocycles. The number of nitrogens with one attached hydrogen (secondary N) is 1. The van der Waals surface area contributed by atoms with Crippen molar-refractivity contribution in [1.82, 2.24) is 4.98 Å². The lowest BCUT2D eigenvalue weighted by molar-refractivity contribution is 0.0696. The zero-order valence-corrected chi connectivity index (χ0v) is 12.4. The Balaban J connectivity index is 2.43. The van der Waals surface area contributed by atoms with Gasteiger partial charge in [-0.05, 0) is 31.5 Å². The highest BCUT2D eigenvalue weighted by atomic mass is 32.2. The second kappa shape index (κ2) is 5.22. The molecule has 0 spiro atoms. The van der Waals surface area contributed by atoms with E-state index in [-0.39, 0.29) is 15.6 Å². The Bertz CT molecular complexity index is 766. The molecule has 0 saturated heterocycles. The number of carboxylic acid groups (broad SMARTS) is 1. The third kappa shape index (κ3) is 2.97. The maximum Gasteiger partial charge on any atom is 0.335 e. The van der Waals surface area contributed by atoms with Gasteiger partial charge in [0.1, 0.15) is 0 Å². The van der Waals surface area contributed by atoms with Gasteiger partial charge in [-0.15, -0.1) is 11.3 Å². The molecule has 0 atom stereocenters. The van der Waals surface area contributed by atoms with Gasteiger partial charge in [0.25, 0.3) is 10.0 Å². The normalized spacial score (nSPS) is 11.3. The summed E-state index contributed by atoms with van der Waals surface area (Å²) in [5, 5.41) is 9.19. The lowest BCUT2D eigenvalue weighted by atomic mass is 10.1. The SMILES string of the molecule is Cc1cnc(NS(=O)(=O)c2cc(C(=O)O)ccc2C)s1. The average Bonchev–Trinajstić information content (AvgIpc) is 2.73. The quantitative estimate of drug-likeness (QED) is 0.902. The number of aromatic nitrogens is 1. The maximum absolute atomic E-state index is 12.3. The van der Waals surface area contributed by atoms with Gasteiger partial charge in [0.2, 0.25) is 0 Å². The van der Waals surface area contributed by atoms with Crippen LogP contribution in [0.2, 0.25) is 0 Å². The van der Waals surface area contributed by atoms with E-state index in [4.69, 9.17) is 5.11 Å². The number of hydrogen-bond donors (Lipinski definition) is 2. The van der Waals surface area contributed by atoms with Crippen molar-refractivity contribution in [2.75, 3.05) is 4.72 Å². The molecule has 2 aromatic rings. The number of carbonyl (C=O) groups is 1. The first-order valence-corrected chi connectivity index (χ1v) is 7.89. The number of aryl methyl sites for hydroxylation is 2. The molecule has 0 amide bonds. The van der Waals surface area contributed by atoms with Crippen LogP contribution in [0.4, 0.5) is 5.13 Å². The van der Waals surface area contributed by atoms with E-state index < -0.39 is 16.0 Å². The van der Waals surface area contributed by atoms with Gasteiger partial charge in [-0.2, -0.15) is 0 Å². The van der Waals surface area contributed by atoms with Gasteiger partial charge in [-0.25, -0.2) is 18.2 Å². The van der Waals surface area contributed by atoms with E-state index in [0.717, 1.165) is 10.9 Å². The average molecular weight is 312 g/mol. The van der Waals surface area contributed by atoms with E-state index in [2.05, 4.69) is 9.71 Å². The Kier molecular flexibility index (Phi) is 3.78. The van der Waals surface area contributed by atoms with Gasteiger partial charge in [-0.3, -0.25) is 4.72 Å². The molecule has 0 radical (unpaired) electrons. The summed E-state index contributed by atoms with van der Waals surface area (Å²) in [7, 11) is -3.85. The van der Waals surface area contributed by atoms with Crippen molar-refractivity contribution in [1.29, 1.82) is 0 Å². The Morgan fingerprint density at radius 1 is 1.35 bits per heavy atom. The number of rotatable bonds is 4. The highest BCUT2D eigenvalue weighted by Gasteiger charge is 2.20. The minimum atomic E-state index is -3.85. The lowest BCUT2D eigenvalue weighted by Crippen LogP contribution is -2.15. The smallest absolute Gasteiger partial charge is 0.335 e. The Morgan fingerprint density at radius 2 is 2.05 bits per heavy atom. The van der Waals surface area contributed by atoms with Crippen LogP contribution in [0.15, 0.2) is 29.3 Å². The minimum Gasteiger partial charge on any atom is -0.478 e. The third-order valence-electron chi connectivity index (χ3n) is 2.57. The van der Waals surface area contributed by atoms with Gasteiger partial charge < -0.3 is 5.11 Å². The first-order valence-electron chi connectivity index (χ1n) is 5.59. The molecule has 8 heteroatoms. The number of sulfonamides is 1. The molecule has 106 valence electrons. The molecule has 0 aliphatic heterocycles. The number of nitrogens with zero attached hydrogens (tertiary/aromatic N) is 1. The Morgan fingerprint density at radius 3 is 2.60 bits per heavy atom. The second-order valence-corrected chi connectivity index (χ2v) is 7.05. The molecule has 20 heavy (non-hydrogen) atoms. The van der Waals surface area contributed by atoms with Crippen molar-refractivity contribution >= 4 is 32.5 Å². The maximum atomic E-state index is 12.3. The zero-order chi connectivity index (χ0) is 14.9. The number of carboxylic acids is 1. The van der Waals surface area contributed by atoms with Crippen molar-refractivity contribution in [3.63, 3.8) is 0 Å². The second-order valence-electron chi connectivity index (χ2n) is 4.17. The van der Waals surface area contributed by atoms with Crippen LogP contribution in [0.5, 0.6) is 0 Å². The van der Waals surface area contributed by atoms with Gasteiger partial charge in [0.15, 0.2) is 5.13 Å². The summed E-state index contributed by atoms with van der Waals surface area (Å²) >= 11 is 1.21. The van der Waals surface area contributed by atoms with Crippen LogP contribution >= 0.6 is 11.3 Å². The minimum absolute atomic E-state index is 0.0646. The summed E-state index contributed by atoms with van der Waals surface area (Å²) in [5.41, 5.74) is 0.391. The van der Waals surface area contributed by atoms with Crippen LogP contribution in [0, 0.1) is 13.8 Å². The van der Waals surface area contributed by atoms with Crippen molar-refractivity contribution < 1.29 is 18.3 Å². The molecule has 2 rings (SSSR count). The van der Waals surface area contributed by atoms with Gasteiger partial charge in [0.05, 0.1) is 10.5 Å². The monoisotopic (exact) mass is 312 g/mol. The van der Waals surface area contributed by atoms with Gasteiger partial charge in [-0.1, -0.05) is 6.07 Å². The van der Waals surface area contributed by atoms with E-state index >= 15 is 0 Å². The Labute approximate surface area is 120 Å². The fourth-order valence-corrected chi connectivity index (χ4v) is 3.77. The fraction of sp³-hybridized carbons (Fsp3) is 0.167. The zero-order valence-electron chi connectivity index (χ0n) is 10.7.